The number of hydrogen-bond donors (Lipinski definition) is 1. The molecule has 2 rings (SSSR count). The van der Waals surface area contributed by atoms with Gasteiger partial charge in [0.1, 0.15) is 0 Å². The summed E-state index contributed by atoms with van der Waals surface area (Å²) < 4.78 is 1.02. The summed E-state index contributed by atoms with van der Waals surface area (Å²) in [5, 5.41) is 0.754. The lowest BCUT2D eigenvalue weighted by Crippen LogP contribution is -2.30. The molecule has 0 amide bonds. The Morgan fingerprint density at radius 3 is 2.48 bits per heavy atom. The van der Waals surface area contributed by atoms with Gasteiger partial charge in [0.05, 0.1) is 0 Å². The molecule has 0 aliphatic heterocycles. The summed E-state index contributed by atoms with van der Waals surface area (Å²) >= 11 is 9.83. The maximum absolute atomic E-state index is 6.33. The highest BCUT2D eigenvalue weighted by molar-refractivity contribution is 9.10. The molecule has 2 aromatic rings. The van der Waals surface area contributed by atoms with Gasteiger partial charge in [-0.05, 0) is 43.3 Å². The zero-order chi connectivity index (χ0) is 15.4. The number of halogens is 2. The predicted octanol–water partition coefficient (Wildman–Crippen LogP) is 4.54. The Morgan fingerprint density at radius 2 is 1.86 bits per heavy atom. The molecule has 2 aromatic carbocycles. The molecular formula is C17H20BrClN2. The van der Waals surface area contributed by atoms with Gasteiger partial charge >= 0.3 is 0 Å². The van der Waals surface area contributed by atoms with Crippen molar-refractivity contribution in [2.75, 3.05) is 13.6 Å². The molecular weight excluding hydrogens is 348 g/mol. The number of nitrogens with zero attached hydrogens (tertiary/aromatic N) is 1. The van der Waals surface area contributed by atoms with Crippen LogP contribution in [0.25, 0.3) is 0 Å². The van der Waals surface area contributed by atoms with Gasteiger partial charge in [0.15, 0.2) is 0 Å². The Hall–Kier alpha value is -0.870. The largest absolute Gasteiger partial charge is 0.329 e. The average Bonchev–Trinajstić information content (AvgIpc) is 2.46. The molecule has 0 saturated heterocycles. The van der Waals surface area contributed by atoms with Crippen LogP contribution < -0.4 is 5.73 Å². The monoisotopic (exact) mass is 366 g/mol. The minimum absolute atomic E-state index is 0.0938. The van der Waals surface area contributed by atoms with E-state index in [-0.39, 0.29) is 6.04 Å². The normalized spacial score (nSPS) is 12.7. The van der Waals surface area contributed by atoms with Gasteiger partial charge in [0, 0.05) is 28.6 Å². The summed E-state index contributed by atoms with van der Waals surface area (Å²) in [4.78, 5) is 2.23. The van der Waals surface area contributed by atoms with Crippen LogP contribution in [0.2, 0.25) is 5.02 Å². The maximum atomic E-state index is 6.33. The molecule has 0 aliphatic rings. The quantitative estimate of drug-likeness (QED) is 0.840. The number of aryl methyl sites for hydroxylation is 1. The molecule has 0 bridgehead atoms. The highest BCUT2D eigenvalue weighted by atomic mass is 79.9. The van der Waals surface area contributed by atoms with Gasteiger partial charge in [-0.2, -0.15) is 0 Å². The van der Waals surface area contributed by atoms with Crippen LogP contribution in [0.3, 0.4) is 0 Å². The van der Waals surface area contributed by atoms with Crippen molar-refractivity contribution in [3.8, 4) is 0 Å². The fourth-order valence-corrected chi connectivity index (χ4v) is 3.03. The number of likely N-dealkylation sites (N-methyl/N-ethyl adjacent to an activating group) is 1. The van der Waals surface area contributed by atoms with E-state index in [1.165, 1.54) is 11.1 Å². The molecule has 0 spiro atoms. The highest BCUT2D eigenvalue weighted by Gasteiger charge is 2.18. The van der Waals surface area contributed by atoms with E-state index in [1.54, 1.807) is 0 Å². The smallest absolute Gasteiger partial charge is 0.0486 e. The minimum atomic E-state index is 0.0938. The fourth-order valence-electron chi connectivity index (χ4n) is 2.41. The lowest BCUT2D eigenvalue weighted by Gasteiger charge is -2.28. The van der Waals surface area contributed by atoms with Crippen molar-refractivity contribution in [1.29, 1.82) is 0 Å². The van der Waals surface area contributed by atoms with Crippen LogP contribution >= 0.6 is 27.5 Å². The summed E-state index contributed by atoms with van der Waals surface area (Å²) in [7, 11) is 2.08. The van der Waals surface area contributed by atoms with E-state index >= 15 is 0 Å². The number of hydrogen-bond acceptors (Lipinski definition) is 2. The Balaban J connectivity index is 2.20. The van der Waals surface area contributed by atoms with Crippen LogP contribution in [-0.2, 0) is 6.54 Å². The standard InChI is InChI=1S/C17H20BrClN2/c1-12-3-5-13(6-4-12)11-21(2)17(10-20)15-9-14(18)7-8-16(15)19/h3-9,17H,10-11,20H2,1-2H3. The molecule has 1 atom stereocenters. The van der Waals surface area contributed by atoms with Gasteiger partial charge < -0.3 is 5.73 Å². The highest BCUT2D eigenvalue weighted by Crippen LogP contribution is 2.29. The molecule has 21 heavy (non-hydrogen) atoms. The van der Waals surface area contributed by atoms with Crippen molar-refractivity contribution < 1.29 is 0 Å². The second-order valence-corrected chi connectivity index (χ2v) is 6.64. The third kappa shape index (κ3) is 4.30. The first-order valence-electron chi connectivity index (χ1n) is 6.92. The van der Waals surface area contributed by atoms with Gasteiger partial charge in [0.2, 0.25) is 0 Å². The number of rotatable bonds is 5. The summed E-state index contributed by atoms with van der Waals surface area (Å²) in [5.74, 6) is 0. The van der Waals surface area contributed by atoms with Gasteiger partial charge in [-0.3, -0.25) is 4.90 Å². The second-order valence-electron chi connectivity index (χ2n) is 5.32. The molecule has 1 unspecified atom stereocenters. The predicted molar refractivity (Wildman–Crippen MR) is 93.6 cm³/mol. The Morgan fingerprint density at radius 1 is 1.19 bits per heavy atom. The van der Waals surface area contributed by atoms with Gasteiger partial charge in [-0.15, -0.1) is 0 Å². The molecule has 2 nitrogen and oxygen atoms in total. The van der Waals surface area contributed by atoms with Crippen molar-refractivity contribution >= 4 is 27.5 Å². The molecule has 112 valence electrons. The molecule has 0 radical (unpaired) electrons. The Kier molecular flexibility index (Phi) is 5.82. The fraction of sp³-hybridized carbons (Fsp3) is 0.294. The third-order valence-corrected chi connectivity index (χ3v) is 4.46. The van der Waals surface area contributed by atoms with E-state index in [4.69, 9.17) is 17.3 Å². The second kappa shape index (κ2) is 7.41. The SMILES string of the molecule is Cc1ccc(CN(C)C(CN)c2cc(Br)ccc2Cl)cc1. The lowest BCUT2D eigenvalue weighted by atomic mass is 10.0. The molecule has 4 heteroatoms. The van der Waals surface area contributed by atoms with E-state index in [1.807, 2.05) is 18.2 Å². The van der Waals surface area contributed by atoms with Crippen LogP contribution in [0.4, 0.5) is 0 Å². The first-order valence-corrected chi connectivity index (χ1v) is 8.09. The molecule has 0 saturated carbocycles. The van der Waals surface area contributed by atoms with Crippen molar-refractivity contribution in [2.45, 2.75) is 19.5 Å². The minimum Gasteiger partial charge on any atom is -0.329 e. The van der Waals surface area contributed by atoms with Crippen LogP contribution in [0.1, 0.15) is 22.7 Å². The molecule has 0 aliphatic carbocycles. The zero-order valence-electron chi connectivity index (χ0n) is 12.3. The van der Waals surface area contributed by atoms with E-state index in [0.717, 1.165) is 21.6 Å². The van der Waals surface area contributed by atoms with Crippen LogP contribution in [-0.4, -0.2) is 18.5 Å². The number of benzene rings is 2. The van der Waals surface area contributed by atoms with Crippen molar-refractivity contribution in [3.63, 3.8) is 0 Å². The van der Waals surface area contributed by atoms with E-state index in [2.05, 4.69) is 59.1 Å². The van der Waals surface area contributed by atoms with Gasteiger partial charge in [-0.1, -0.05) is 57.4 Å². The summed E-state index contributed by atoms with van der Waals surface area (Å²) in [5.41, 5.74) is 9.59. The summed E-state index contributed by atoms with van der Waals surface area (Å²) in [6.45, 7) is 3.46. The van der Waals surface area contributed by atoms with Gasteiger partial charge in [0.25, 0.3) is 0 Å². The topological polar surface area (TPSA) is 29.3 Å². The zero-order valence-corrected chi connectivity index (χ0v) is 14.7. The van der Waals surface area contributed by atoms with Gasteiger partial charge in [-0.25, -0.2) is 0 Å². The maximum Gasteiger partial charge on any atom is 0.0486 e. The number of nitrogens with two attached hydrogens (primary N) is 1. The molecule has 0 fully saturated rings. The first kappa shape index (κ1) is 16.5. The molecule has 0 aromatic heterocycles. The van der Waals surface area contributed by atoms with E-state index in [0.29, 0.717) is 6.54 Å². The molecule has 2 N–H and O–H groups in total. The average molecular weight is 368 g/mol. The van der Waals surface area contributed by atoms with Crippen molar-refractivity contribution in [1.82, 2.24) is 4.90 Å². The van der Waals surface area contributed by atoms with Crippen molar-refractivity contribution in [3.05, 3.63) is 68.7 Å². The van der Waals surface area contributed by atoms with E-state index < -0.39 is 0 Å². The third-order valence-electron chi connectivity index (χ3n) is 3.62. The molecule has 0 heterocycles. The van der Waals surface area contributed by atoms with Crippen LogP contribution in [0.5, 0.6) is 0 Å². The summed E-state index contributed by atoms with van der Waals surface area (Å²) in [6, 6.07) is 14.6. The summed E-state index contributed by atoms with van der Waals surface area (Å²) in [6.07, 6.45) is 0. The Labute approximate surface area is 140 Å². The Bertz CT molecular complexity index is 598. The first-order chi connectivity index (χ1) is 10.0. The van der Waals surface area contributed by atoms with E-state index in [9.17, 15) is 0 Å². The van der Waals surface area contributed by atoms with Crippen molar-refractivity contribution in [2.24, 2.45) is 5.73 Å². The lowest BCUT2D eigenvalue weighted by molar-refractivity contribution is 0.242. The van der Waals surface area contributed by atoms with Crippen LogP contribution in [0.15, 0.2) is 46.9 Å². The van der Waals surface area contributed by atoms with Crippen LogP contribution in [0, 0.1) is 6.92 Å².